The van der Waals surface area contributed by atoms with Gasteiger partial charge in [0.25, 0.3) is 0 Å². The van der Waals surface area contributed by atoms with Gasteiger partial charge >= 0.3 is 30.8 Å². The van der Waals surface area contributed by atoms with E-state index in [0.29, 0.717) is 5.56 Å². The summed E-state index contributed by atoms with van der Waals surface area (Å²) in [5, 5.41) is 17.8. The molecule has 0 aliphatic heterocycles. The average molecular weight is 216 g/mol. The fraction of sp³-hybridized carbons (Fsp3) is 0.273. The second kappa shape index (κ2) is 5.74. The molecule has 0 atom stereocenters. The van der Waals surface area contributed by atoms with Crippen LogP contribution in [-0.2, 0) is 16.0 Å². The maximum Gasteiger partial charge on any atom is 1.00 e. The smallest absolute Gasteiger partial charge is 1.00 e. The molecule has 1 aromatic rings. The van der Waals surface area contributed by atoms with Crippen LogP contribution in [0.15, 0.2) is 30.3 Å². The molecule has 1 aromatic carbocycles. The molecule has 0 aromatic heterocycles. The van der Waals surface area contributed by atoms with Crippen LogP contribution >= 0.6 is 0 Å². The Bertz CT molecular complexity index is 366. The molecule has 0 spiro atoms. The zero-order chi connectivity index (χ0) is 11.5. The SMILES string of the molecule is CC(Cc1ccccc1)(C(=O)O)C(=O)O.[H-].[Li+]. The van der Waals surface area contributed by atoms with Crippen LogP contribution in [0, 0.1) is 5.41 Å². The number of carbonyl (C=O) groups is 2. The summed E-state index contributed by atoms with van der Waals surface area (Å²) in [5.41, 5.74) is -1.06. The summed E-state index contributed by atoms with van der Waals surface area (Å²) in [6.45, 7) is 1.21. The van der Waals surface area contributed by atoms with Crippen LogP contribution in [0.2, 0.25) is 0 Å². The predicted molar refractivity (Wildman–Crippen MR) is 54.6 cm³/mol. The molecule has 0 radical (unpaired) electrons. The van der Waals surface area contributed by atoms with Crippen molar-refractivity contribution in [2.75, 3.05) is 0 Å². The van der Waals surface area contributed by atoms with Crippen molar-refractivity contribution in [3.8, 4) is 0 Å². The quantitative estimate of drug-likeness (QED) is 0.475. The normalized spacial score (nSPS) is 10.3. The molecule has 1 rings (SSSR count). The van der Waals surface area contributed by atoms with Crippen LogP contribution in [0.5, 0.6) is 0 Å². The van der Waals surface area contributed by atoms with Gasteiger partial charge in [0.2, 0.25) is 0 Å². The van der Waals surface area contributed by atoms with Crippen molar-refractivity contribution in [1.82, 2.24) is 0 Å². The Balaban J connectivity index is 0. The van der Waals surface area contributed by atoms with E-state index in [1.165, 1.54) is 6.92 Å². The van der Waals surface area contributed by atoms with Crippen molar-refractivity contribution in [2.24, 2.45) is 5.41 Å². The molecular weight excluding hydrogens is 203 g/mol. The first kappa shape index (κ1) is 14.8. The zero-order valence-corrected chi connectivity index (χ0v) is 9.30. The molecule has 0 aliphatic rings. The van der Waals surface area contributed by atoms with E-state index in [1.807, 2.05) is 0 Å². The van der Waals surface area contributed by atoms with E-state index in [0.717, 1.165) is 0 Å². The molecule has 0 aliphatic carbocycles. The monoisotopic (exact) mass is 216 g/mol. The Labute approximate surface area is 107 Å². The molecule has 0 unspecified atom stereocenters. The largest absolute Gasteiger partial charge is 1.00 e. The molecule has 0 heterocycles. The maximum atomic E-state index is 10.9. The third-order valence-electron chi connectivity index (χ3n) is 2.34. The second-order valence-electron chi connectivity index (χ2n) is 3.60. The van der Waals surface area contributed by atoms with Gasteiger partial charge < -0.3 is 11.6 Å². The third-order valence-corrected chi connectivity index (χ3v) is 2.34. The molecule has 0 saturated carbocycles. The van der Waals surface area contributed by atoms with Crippen LogP contribution in [0.1, 0.15) is 13.9 Å². The molecule has 2 N–H and O–H groups in total. The van der Waals surface area contributed by atoms with Crippen LogP contribution in [0.4, 0.5) is 0 Å². The molecule has 0 bridgehead atoms. The molecule has 5 heteroatoms. The first-order valence-corrected chi connectivity index (χ1v) is 4.47. The van der Waals surface area contributed by atoms with E-state index in [-0.39, 0.29) is 26.7 Å². The molecule has 0 amide bonds. The van der Waals surface area contributed by atoms with Gasteiger partial charge in [-0.2, -0.15) is 0 Å². The van der Waals surface area contributed by atoms with Crippen molar-refractivity contribution in [3.63, 3.8) is 0 Å². The molecule has 16 heavy (non-hydrogen) atoms. The van der Waals surface area contributed by atoms with Gasteiger partial charge in [-0.3, -0.25) is 9.59 Å². The van der Waals surface area contributed by atoms with E-state index >= 15 is 0 Å². The molecular formula is C11H13LiO4. The minimum absolute atomic E-state index is 0. The Morgan fingerprint density at radius 3 is 2.00 bits per heavy atom. The minimum atomic E-state index is -1.76. The summed E-state index contributed by atoms with van der Waals surface area (Å²) in [5.74, 6) is -2.64. The summed E-state index contributed by atoms with van der Waals surface area (Å²) in [6, 6.07) is 8.72. The first-order chi connectivity index (χ1) is 6.97. The summed E-state index contributed by atoms with van der Waals surface area (Å²) in [6.07, 6.45) is -0.0154. The van der Waals surface area contributed by atoms with Crippen molar-refractivity contribution in [1.29, 1.82) is 0 Å². The van der Waals surface area contributed by atoms with Crippen LogP contribution in [0.25, 0.3) is 0 Å². The second-order valence-corrected chi connectivity index (χ2v) is 3.60. The Hall–Kier alpha value is -1.24. The van der Waals surface area contributed by atoms with Crippen molar-refractivity contribution in [3.05, 3.63) is 35.9 Å². The number of rotatable bonds is 4. The average Bonchev–Trinajstić information content (AvgIpc) is 2.18. The van der Waals surface area contributed by atoms with Crippen LogP contribution in [0.3, 0.4) is 0 Å². The van der Waals surface area contributed by atoms with Gasteiger partial charge in [-0.25, -0.2) is 0 Å². The molecule has 0 fully saturated rings. The van der Waals surface area contributed by atoms with Crippen molar-refractivity contribution < 1.29 is 40.1 Å². The molecule has 82 valence electrons. The minimum Gasteiger partial charge on any atom is -1.00 e. The summed E-state index contributed by atoms with van der Waals surface area (Å²) < 4.78 is 0. The van der Waals surface area contributed by atoms with E-state index in [4.69, 9.17) is 10.2 Å². The van der Waals surface area contributed by atoms with E-state index in [2.05, 4.69) is 0 Å². The number of carboxylic acids is 2. The predicted octanol–water partition coefficient (Wildman–Crippen LogP) is -1.48. The first-order valence-electron chi connectivity index (χ1n) is 4.47. The Morgan fingerprint density at radius 2 is 1.62 bits per heavy atom. The zero-order valence-electron chi connectivity index (χ0n) is 10.3. The number of benzene rings is 1. The van der Waals surface area contributed by atoms with Gasteiger partial charge in [0.05, 0.1) is 0 Å². The van der Waals surface area contributed by atoms with E-state index < -0.39 is 17.4 Å². The molecule has 0 saturated heterocycles. The Kier molecular flexibility index (Phi) is 5.29. The van der Waals surface area contributed by atoms with Crippen LogP contribution < -0.4 is 18.9 Å². The van der Waals surface area contributed by atoms with Gasteiger partial charge in [-0.15, -0.1) is 0 Å². The number of hydrogen-bond donors (Lipinski definition) is 2. The van der Waals surface area contributed by atoms with Gasteiger partial charge in [0.15, 0.2) is 5.41 Å². The van der Waals surface area contributed by atoms with E-state index in [9.17, 15) is 9.59 Å². The summed E-state index contributed by atoms with van der Waals surface area (Å²) in [7, 11) is 0. The number of hydrogen-bond acceptors (Lipinski definition) is 2. The van der Waals surface area contributed by atoms with Gasteiger partial charge in [-0.1, -0.05) is 30.3 Å². The van der Waals surface area contributed by atoms with Gasteiger partial charge in [0, 0.05) is 0 Å². The molecule has 4 nitrogen and oxygen atoms in total. The fourth-order valence-corrected chi connectivity index (χ4v) is 1.25. The van der Waals surface area contributed by atoms with Gasteiger partial charge in [0.1, 0.15) is 0 Å². The summed E-state index contributed by atoms with van der Waals surface area (Å²) in [4.78, 5) is 21.8. The van der Waals surface area contributed by atoms with Crippen LogP contribution in [-0.4, -0.2) is 22.2 Å². The van der Waals surface area contributed by atoms with E-state index in [1.54, 1.807) is 30.3 Å². The third kappa shape index (κ3) is 3.12. The topological polar surface area (TPSA) is 74.6 Å². The van der Waals surface area contributed by atoms with Crippen molar-refractivity contribution in [2.45, 2.75) is 13.3 Å². The fourth-order valence-electron chi connectivity index (χ4n) is 1.25. The Morgan fingerprint density at radius 1 is 1.19 bits per heavy atom. The maximum absolute atomic E-state index is 10.9. The van der Waals surface area contributed by atoms with Gasteiger partial charge in [-0.05, 0) is 18.9 Å². The number of carboxylic acid groups (broad SMARTS) is 2. The van der Waals surface area contributed by atoms with Crippen molar-refractivity contribution >= 4 is 11.9 Å². The number of aliphatic carboxylic acids is 2. The summed E-state index contributed by atoms with van der Waals surface area (Å²) >= 11 is 0. The standard InChI is InChI=1S/C11H12O4.Li.H/c1-11(9(12)13,10(14)15)7-8-5-3-2-4-6-8;;/h2-6H,7H2,1H3,(H,12,13)(H,14,15);;/q;+1;-1.